The Hall–Kier alpha value is -2.60. The minimum Gasteiger partial charge on any atom is -0.459 e. The molecule has 0 spiro atoms. The number of hydrogen-bond donors (Lipinski definition) is 2. The van der Waals surface area contributed by atoms with Crippen molar-refractivity contribution in [2.45, 2.75) is 26.4 Å². The molecular weight excluding hydrogens is 308 g/mol. The third-order valence-electron chi connectivity index (χ3n) is 3.22. The highest BCUT2D eigenvalue weighted by atomic mass is 16.5. The van der Waals surface area contributed by atoms with Gasteiger partial charge in [0.15, 0.2) is 5.76 Å². The average Bonchev–Trinajstić information content (AvgIpc) is 3.09. The van der Waals surface area contributed by atoms with Crippen molar-refractivity contribution >= 4 is 17.5 Å². The maximum absolute atomic E-state index is 12.3. The Labute approximate surface area is 141 Å². The smallest absolute Gasteiger partial charge is 0.291 e. The first kappa shape index (κ1) is 17.7. The molecule has 6 nitrogen and oxygen atoms in total. The molecule has 0 saturated carbocycles. The summed E-state index contributed by atoms with van der Waals surface area (Å²) in [5.41, 5.74) is 0.844. The van der Waals surface area contributed by atoms with Gasteiger partial charge in [-0.25, -0.2) is 0 Å². The molecule has 0 unspecified atom stereocenters. The fourth-order valence-corrected chi connectivity index (χ4v) is 2.07. The van der Waals surface area contributed by atoms with E-state index in [9.17, 15) is 9.59 Å². The van der Waals surface area contributed by atoms with Crippen LogP contribution in [-0.4, -0.2) is 31.1 Å². The third-order valence-corrected chi connectivity index (χ3v) is 3.22. The maximum Gasteiger partial charge on any atom is 0.291 e. The van der Waals surface area contributed by atoms with E-state index >= 15 is 0 Å². The molecule has 2 N–H and O–H groups in total. The quantitative estimate of drug-likeness (QED) is 0.729. The van der Waals surface area contributed by atoms with Crippen LogP contribution in [0.1, 0.15) is 41.2 Å². The lowest BCUT2D eigenvalue weighted by Crippen LogP contribution is -2.27. The normalized spacial score (nSPS) is 10.6. The summed E-state index contributed by atoms with van der Waals surface area (Å²) in [5, 5.41) is 5.52. The molecule has 0 aliphatic carbocycles. The van der Waals surface area contributed by atoms with E-state index in [1.54, 1.807) is 36.4 Å². The summed E-state index contributed by atoms with van der Waals surface area (Å²) in [5.74, 6) is -0.448. The number of ether oxygens (including phenoxy) is 1. The lowest BCUT2D eigenvalue weighted by Gasteiger charge is -2.11. The van der Waals surface area contributed by atoms with Crippen molar-refractivity contribution in [3.63, 3.8) is 0 Å². The first-order valence-electron chi connectivity index (χ1n) is 7.91. The molecule has 2 aromatic rings. The van der Waals surface area contributed by atoms with E-state index in [1.165, 1.54) is 6.26 Å². The second-order valence-corrected chi connectivity index (χ2v) is 5.51. The standard InChI is InChI=1S/C18H22N2O4/c1-13(2)23-12-6-10-19-17(21)14-7-3-4-8-15(14)20-18(22)16-9-5-11-24-16/h3-5,7-9,11,13H,6,10,12H2,1-2H3,(H,19,21)(H,20,22). The number of carbonyl (C=O) groups excluding carboxylic acids is 2. The van der Waals surface area contributed by atoms with Gasteiger partial charge in [-0.15, -0.1) is 0 Å². The predicted molar refractivity (Wildman–Crippen MR) is 91.1 cm³/mol. The van der Waals surface area contributed by atoms with Crippen LogP contribution in [0.4, 0.5) is 5.69 Å². The molecule has 1 heterocycles. The van der Waals surface area contributed by atoms with Crippen molar-refractivity contribution in [3.8, 4) is 0 Å². The van der Waals surface area contributed by atoms with Crippen LogP contribution < -0.4 is 10.6 Å². The summed E-state index contributed by atoms with van der Waals surface area (Å²) in [6.45, 7) is 5.04. The Morgan fingerprint density at radius 3 is 2.62 bits per heavy atom. The summed E-state index contributed by atoms with van der Waals surface area (Å²) in [6, 6.07) is 10.0. The van der Waals surface area contributed by atoms with Crippen LogP contribution in [0.15, 0.2) is 47.1 Å². The monoisotopic (exact) mass is 330 g/mol. The topological polar surface area (TPSA) is 80.6 Å². The van der Waals surface area contributed by atoms with Crippen molar-refractivity contribution in [2.24, 2.45) is 0 Å². The highest BCUT2D eigenvalue weighted by molar-refractivity contribution is 6.07. The second kappa shape index (κ2) is 8.88. The number of nitrogens with one attached hydrogen (secondary N) is 2. The van der Waals surface area contributed by atoms with Crippen LogP contribution in [0, 0.1) is 0 Å². The van der Waals surface area contributed by atoms with Gasteiger partial charge in [0.1, 0.15) is 0 Å². The number of para-hydroxylation sites is 1. The molecule has 6 heteroatoms. The summed E-state index contributed by atoms with van der Waals surface area (Å²) in [6.07, 6.45) is 2.33. The van der Waals surface area contributed by atoms with Crippen molar-refractivity contribution in [2.75, 3.05) is 18.5 Å². The van der Waals surface area contributed by atoms with Crippen LogP contribution in [0.25, 0.3) is 0 Å². The largest absolute Gasteiger partial charge is 0.459 e. The fourth-order valence-electron chi connectivity index (χ4n) is 2.07. The average molecular weight is 330 g/mol. The Kier molecular flexibility index (Phi) is 6.57. The molecule has 0 saturated heterocycles. The zero-order chi connectivity index (χ0) is 17.4. The molecule has 0 bridgehead atoms. The van der Waals surface area contributed by atoms with E-state index in [0.717, 1.165) is 6.42 Å². The van der Waals surface area contributed by atoms with Crippen LogP contribution in [0.2, 0.25) is 0 Å². The van der Waals surface area contributed by atoms with Crippen molar-refractivity contribution in [1.82, 2.24) is 5.32 Å². The summed E-state index contributed by atoms with van der Waals surface area (Å²) in [4.78, 5) is 24.4. The SMILES string of the molecule is CC(C)OCCCNC(=O)c1ccccc1NC(=O)c1ccco1. The van der Waals surface area contributed by atoms with Crippen LogP contribution in [-0.2, 0) is 4.74 Å². The minimum atomic E-state index is -0.398. The number of rotatable bonds is 8. The summed E-state index contributed by atoms with van der Waals surface area (Å²) < 4.78 is 10.5. The lowest BCUT2D eigenvalue weighted by molar-refractivity contribution is 0.0757. The summed E-state index contributed by atoms with van der Waals surface area (Å²) in [7, 11) is 0. The molecule has 0 radical (unpaired) electrons. The Bertz CT molecular complexity index is 665. The van der Waals surface area contributed by atoms with Crippen molar-refractivity contribution < 1.29 is 18.7 Å². The number of carbonyl (C=O) groups is 2. The van der Waals surface area contributed by atoms with E-state index in [1.807, 2.05) is 13.8 Å². The van der Waals surface area contributed by atoms with Crippen LogP contribution >= 0.6 is 0 Å². The van der Waals surface area contributed by atoms with Gasteiger partial charge in [0, 0.05) is 13.2 Å². The van der Waals surface area contributed by atoms with Crippen LogP contribution in [0.5, 0.6) is 0 Å². The van der Waals surface area contributed by atoms with Crippen molar-refractivity contribution in [1.29, 1.82) is 0 Å². The zero-order valence-corrected chi connectivity index (χ0v) is 13.9. The number of hydrogen-bond acceptors (Lipinski definition) is 4. The third kappa shape index (κ3) is 5.24. The Morgan fingerprint density at radius 2 is 1.92 bits per heavy atom. The van der Waals surface area contributed by atoms with Gasteiger partial charge in [0.25, 0.3) is 11.8 Å². The highest BCUT2D eigenvalue weighted by Gasteiger charge is 2.15. The molecule has 0 atom stereocenters. The molecule has 0 fully saturated rings. The minimum absolute atomic E-state index is 0.179. The first-order chi connectivity index (χ1) is 11.6. The predicted octanol–water partition coefficient (Wildman–Crippen LogP) is 3.08. The molecule has 0 aliphatic rings. The lowest BCUT2D eigenvalue weighted by atomic mass is 10.1. The highest BCUT2D eigenvalue weighted by Crippen LogP contribution is 2.16. The second-order valence-electron chi connectivity index (χ2n) is 5.51. The fraction of sp³-hybridized carbons (Fsp3) is 0.333. The van der Waals surface area contributed by atoms with Gasteiger partial charge in [-0.05, 0) is 44.5 Å². The van der Waals surface area contributed by atoms with E-state index in [0.29, 0.717) is 24.4 Å². The van der Waals surface area contributed by atoms with Gasteiger partial charge in [0.2, 0.25) is 0 Å². The van der Waals surface area contributed by atoms with E-state index < -0.39 is 5.91 Å². The molecule has 128 valence electrons. The molecule has 24 heavy (non-hydrogen) atoms. The van der Waals surface area contributed by atoms with E-state index in [2.05, 4.69) is 10.6 Å². The molecular formula is C18H22N2O4. The van der Waals surface area contributed by atoms with Crippen LogP contribution in [0.3, 0.4) is 0 Å². The maximum atomic E-state index is 12.3. The molecule has 0 aliphatic heterocycles. The Balaban J connectivity index is 1.92. The van der Waals surface area contributed by atoms with Crippen molar-refractivity contribution in [3.05, 3.63) is 54.0 Å². The number of furan rings is 1. The van der Waals surface area contributed by atoms with E-state index in [-0.39, 0.29) is 17.8 Å². The molecule has 2 amide bonds. The first-order valence-corrected chi connectivity index (χ1v) is 7.91. The van der Waals surface area contributed by atoms with Gasteiger partial charge in [-0.3, -0.25) is 9.59 Å². The number of anilines is 1. The van der Waals surface area contributed by atoms with Gasteiger partial charge in [-0.1, -0.05) is 12.1 Å². The molecule has 1 aromatic heterocycles. The zero-order valence-electron chi connectivity index (χ0n) is 13.9. The van der Waals surface area contributed by atoms with Gasteiger partial charge < -0.3 is 19.8 Å². The van der Waals surface area contributed by atoms with E-state index in [4.69, 9.17) is 9.15 Å². The van der Waals surface area contributed by atoms with Gasteiger partial charge >= 0.3 is 0 Å². The number of benzene rings is 1. The van der Waals surface area contributed by atoms with Gasteiger partial charge in [-0.2, -0.15) is 0 Å². The summed E-state index contributed by atoms with van der Waals surface area (Å²) >= 11 is 0. The Morgan fingerprint density at radius 1 is 1.12 bits per heavy atom. The number of amides is 2. The molecule has 1 aromatic carbocycles. The molecule has 2 rings (SSSR count). The van der Waals surface area contributed by atoms with Gasteiger partial charge in [0.05, 0.1) is 23.6 Å².